The van der Waals surface area contributed by atoms with E-state index in [1.165, 1.54) is 0 Å². The molecule has 1 heterocycles. The maximum atomic E-state index is 12.2. The van der Waals surface area contributed by atoms with Crippen molar-refractivity contribution in [2.45, 2.75) is 25.8 Å². The Kier molecular flexibility index (Phi) is 5.78. The molecule has 25 heavy (non-hydrogen) atoms. The van der Waals surface area contributed by atoms with E-state index in [1.807, 2.05) is 0 Å². The Morgan fingerprint density at radius 2 is 2.08 bits per heavy atom. The van der Waals surface area contributed by atoms with Gasteiger partial charge in [0.25, 0.3) is 11.8 Å². The molecule has 0 saturated carbocycles. The molecule has 1 aromatic carbocycles. The molecule has 2 rings (SSSR count). The molecule has 1 fully saturated rings. The monoisotopic (exact) mass is 411 g/mol. The first-order chi connectivity index (χ1) is 11.7. The summed E-state index contributed by atoms with van der Waals surface area (Å²) in [7, 11) is 0. The van der Waals surface area contributed by atoms with E-state index in [9.17, 15) is 19.2 Å². The fourth-order valence-corrected chi connectivity index (χ4v) is 2.61. The highest BCUT2D eigenvalue weighted by atomic mass is 79.9. The van der Waals surface area contributed by atoms with Crippen LogP contribution in [0.1, 0.15) is 20.3 Å². The first-order valence-electron chi connectivity index (χ1n) is 7.60. The van der Waals surface area contributed by atoms with Crippen LogP contribution >= 0.6 is 15.9 Å². The SMILES string of the molecule is CC[C@]1(C)NC(=O)N(CC(=O)OCC(=O)Nc2cccc(Br)c2)C1=O. The van der Waals surface area contributed by atoms with Crippen molar-refractivity contribution in [1.29, 1.82) is 0 Å². The van der Waals surface area contributed by atoms with Crippen molar-refractivity contribution in [1.82, 2.24) is 10.2 Å². The van der Waals surface area contributed by atoms with Crippen molar-refractivity contribution >= 4 is 45.4 Å². The van der Waals surface area contributed by atoms with Crippen molar-refractivity contribution in [3.63, 3.8) is 0 Å². The number of ether oxygens (including phenoxy) is 1. The highest BCUT2D eigenvalue weighted by Gasteiger charge is 2.47. The van der Waals surface area contributed by atoms with Gasteiger partial charge >= 0.3 is 12.0 Å². The summed E-state index contributed by atoms with van der Waals surface area (Å²) < 4.78 is 5.62. The number of carbonyl (C=O) groups excluding carboxylic acids is 4. The molecule has 1 aromatic rings. The summed E-state index contributed by atoms with van der Waals surface area (Å²) in [5.74, 6) is -1.86. The molecule has 4 amide bonds. The molecule has 1 aliphatic heterocycles. The van der Waals surface area contributed by atoms with Crippen molar-refractivity contribution < 1.29 is 23.9 Å². The fourth-order valence-electron chi connectivity index (χ4n) is 2.21. The zero-order valence-electron chi connectivity index (χ0n) is 13.8. The fraction of sp³-hybridized carbons (Fsp3) is 0.375. The van der Waals surface area contributed by atoms with E-state index in [1.54, 1.807) is 38.1 Å². The number of amides is 4. The van der Waals surface area contributed by atoms with Crippen LogP contribution in [0.2, 0.25) is 0 Å². The second-order valence-corrected chi connectivity index (χ2v) is 6.64. The summed E-state index contributed by atoms with van der Waals surface area (Å²) in [6, 6.07) is 6.28. The number of nitrogens with one attached hydrogen (secondary N) is 2. The third kappa shape index (κ3) is 4.56. The molecule has 1 aliphatic rings. The lowest BCUT2D eigenvalue weighted by Gasteiger charge is -2.18. The van der Waals surface area contributed by atoms with Crippen molar-refractivity contribution in [2.24, 2.45) is 0 Å². The van der Waals surface area contributed by atoms with Crippen LogP contribution < -0.4 is 10.6 Å². The third-order valence-electron chi connectivity index (χ3n) is 3.81. The zero-order chi connectivity index (χ0) is 18.6. The molecular formula is C16H18BrN3O5. The van der Waals surface area contributed by atoms with Crippen LogP contribution in [0, 0.1) is 0 Å². The van der Waals surface area contributed by atoms with Crippen LogP contribution in [-0.2, 0) is 19.1 Å². The molecule has 0 unspecified atom stereocenters. The lowest BCUT2D eigenvalue weighted by Crippen LogP contribution is -2.43. The molecule has 0 radical (unpaired) electrons. The van der Waals surface area contributed by atoms with Gasteiger partial charge in [-0.25, -0.2) is 4.79 Å². The normalized spacial score (nSPS) is 19.6. The Morgan fingerprint density at radius 1 is 1.36 bits per heavy atom. The lowest BCUT2D eigenvalue weighted by atomic mass is 9.99. The van der Waals surface area contributed by atoms with Crippen molar-refractivity contribution in [2.75, 3.05) is 18.5 Å². The van der Waals surface area contributed by atoms with Gasteiger partial charge in [0.2, 0.25) is 0 Å². The number of carbonyl (C=O) groups is 4. The molecule has 0 aliphatic carbocycles. The highest BCUT2D eigenvalue weighted by molar-refractivity contribution is 9.10. The smallest absolute Gasteiger partial charge is 0.326 e. The van der Waals surface area contributed by atoms with E-state index in [4.69, 9.17) is 4.74 Å². The number of anilines is 1. The minimum Gasteiger partial charge on any atom is -0.454 e. The van der Waals surface area contributed by atoms with Crippen LogP contribution in [0.3, 0.4) is 0 Å². The first kappa shape index (κ1) is 18.9. The van der Waals surface area contributed by atoms with Gasteiger partial charge in [-0.1, -0.05) is 28.9 Å². The summed E-state index contributed by atoms with van der Waals surface area (Å²) in [5, 5.41) is 5.10. The maximum Gasteiger partial charge on any atom is 0.326 e. The van der Waals surface area contributed by atoms with Gasteiger partial charge in [-0.3, -0.25) is 19.3 Å². The lowest BCUT2D eigenvalue weighted by molar-refractivity contribution is -0.150. The van der Waals surface area contributed by atoms with Gasteiger partial charge in [-0.15, -0.1) is 0 Å². The minimum atomic E-state index is -1.02. The molecule has 0 aromatic heterocycles. The molecule has 1 saturated heterocycles. The molecule has 1 atom stereocenters. The Balaban J connectivity index is 1.83. The van der Waals surface area contributed by atoms with Crippen LogP contribution in [0.15, 0.2) is 28.7 Å². The number of benzene rings is 1. The van der Waals surface area contributed by atoms with E-state index < -0.39 is 42.5 Å². The number of esters is 1. The largest absolute Gasteiger partial charge is 0.454 e. The van der Waals surface area contributed by atoms with E-state index in [0.29, 0.717) is 12.1 Å². The quantitative estimate of drug-likeness (QED) is 0.546. The maximum absolute atomic E-state index is 12.2. The zero-order valence-corrected chi connectivity index (χ0v) is 15.4. The number of hydrogen-bond donors (Lipinski definition) is 2. The Hall–Kier alpha value is -2.42. The standard InChI is InChI=1S/C16H18BrN3O5/c1-3-16(2)14(23)20(15(24)19-16)8-13(22)25-9-12(21)18-11-6-4-5-10(17)7-11/h4-7H,3,8-9H2,1-2H3,(H,18,21)(H,19,24)/t16-/m0/s1. The van der Waals surface area contributed by atoms with Crippen LogP contribution in [0.25, 0.3) is 0 Å². The number of halogens is 1. The Bertz CT molecular complexity index is 723. The summed E-state index contributed by atoms with van der Waals surface area (Å²) >= 11 is 3.28. The number of rotatable bonds is 6. The van der Waals surface area contributed by atoms with E-state index in [-0.39, 0.29) is 0 Å². The molecule has 2 N–H and O–H groups in total. The van der Waals surface area contributed by atoms with Gasteiger partial charge in [-0.05, 0) is 31.5 Å². The second kappa shape index (κ2) is 7.64. The minimum absolute atomic E-state index is 0.401. The van der Waals surface area contributed by atoms with Gasteiger partial charge in [0.15, 0.2) is 6.61 Å². The Morgan fingerprint density at radius 3 is 2.68 bits per heavy atom. The van der Waals surface area contributed by atoms with E-state index >= 15 is 0 Å². The van der Waals surface area contributed by atoms with Crippen LogP contribution in [0.5, 0.6) is 0 Å². The molecule has 134 valence electrons. The second-order valence-electron chi connectivity index (χ2n) is 5.73. The number of hydrogen-bond acceptors (Lipinski definition) is 5. The summed E-state index contributed by atoms with van der Waals surface area (Å²) in [6.45, 7) is 2.29. The third-order valence-corrected chi connectivity index (χ3v) is 4.31. The Labute approximate surface area is 153 Å². The number of imide groups is 1. The van der Waals surface area contributed by atoms with Crippen molar-refractivity contribution in [3.8, 4) is 0 Å². The number of urea groups is 1. The molecule has 0 spiro atoms. The molecule has 8 nitrogen and oxygen atoms in total. The predicted octanol–water partition coefficient (Wildman–Crippen LogP) is 1.65. The van der Waals surface area contributed by atoms with Crippen LogP contribution in [0.4, 0.5) is 10.5 Å². The van der Waals surface area contributed by atoms with Gasteiger partial charge in [0.1, 0.15) is 12.1 Å². The van der Waals surface area contributed by atoms with Gasteiger partial charge in [0.05, 0.1) is 0 Å². The van der Waals surface area contributed by atoms with E-state index in [2.05, 4.69) is 26.6 Å². The molecular weight excluding hydrogens is 394 g/mol. The van der Waals surface area contributed by atoms with E-state index in [0.717, 1.165) is 9.37 Å². The predicted molar refractivity (Wildman–Crippen MR) is 92.7 cm³/mol. The molecule has 0 bridgehead atoms. The number of nitrogens with zero attached hydrogens (tertiary/aromatic N) is 1. The topological polar surface area (TPSA) is 105 Å². The van der Waals surface area contributed by atoms with Gasteiger partial charge < -0.3 is 15.4 Å². The van der Waals surface area contributed by atoms with Crippen molar-refractivity contribution in [3.05, 3.63) is 28.7 Å². The average Bonchev–Trinajstić information content (AvgIpc) is 2.77. The summed E-state index contributed by atoms with van der Waals surface area (Å²) in [5.41, 5.74) is -0.474. The molecule has 9 heteroatoms. The van der Waals surface area contributed by atoms with Gasteiger partial charge in [-0.2, -0.15) is 0 Å². The van der Waals surface area contributed by atoms with Gasteiger partial charge in [0, 0.05) is 10.2 Å². The highest BCUT2D eigenvalue weighted by Crippen LogP contribution is 2.20. The van der Waals surface area contributed by atoms with Crippen LogP contribution in [-0.4, -0.2) is 47.4 Å². The summed E-state index contributed by atoms with van der Waals surface area (Å²) in [4.78, 5) is 48.4. The summed E-state index contributed by atoms with van der Waals surface area (Å²) in [6.07, 6.45) is 0.401. The first-order valence-corrected chi connectivity index (χ1v) is 8.39. The average molecular weight is 412 g/mol.